The van der Waals surface area contributed by atoms with Gasteiger partial charge in [0.2, 0.25) is 0 Å². The third kappa shape index (κ3) is 2.94. The minimum atomic E-state index is -0.307. The molecule has 1 saturated heterocycles. The molecule has 1 fully saturated rings. The zero-order valence-electron chi connectivity index (χ0n) is 10.1. The number of anilines is 1. The van der Waals surface area contributed by atoms with E-state index in [0.717, 1.165) is 31.7 Å². The molecule has 1 aromatic rings. The minimum Gasteiger partial charge on any atom is -0.367 e. The van der Waals surface area contributed by atoms with Gasteiger partial charge in [0.25, 0.3) is 0 Å². The zero-order valence-corrected chi connectivity index (χ0v) is 10.1. The lowest BCUT2D eigenvalue weighted by molar-refractivity contribution is 0.235. The molecule has 0 spiro atoms. The number of benzene rings is 1. The number of hydrogen-bond donors (Lipinski definition) is 0. The molecule has 2 nitrogen and oxygen atoms in total. The van der Waals surface area contributed by atoms with Crippen LogP contribution in [-0.2, 0) is 0 Å². The standard InChI is InChI=1S/C13H18F2N2/c1-11-2-3-13(12(15)10-11)17-8-6-16(5-4-14)7-9-17/h2-3,10H,4-9H2,1H3. The number of halogens is 2. The van der Waals surface area contributed by atoms with Crippen molar-refractivity contribution in [2.24, 2.45) is 0 Å². The molecule has 0 aliphatic carbocycles. The molecule has 4 heteroatoms. The van der Waals surface area contributed by atoms with E-state index >= 15 is 0 Å². The zero-order chi connectivity index (χ0) is 12.3. The normalized spacial score (nSPS) is 17.5. The van der Waals surface area contributed by atoms with Gasteiger partial charge in [0.15, 0.2) is 0 Å². The van der Waals surface area contributed by atoms with Gasteiger partial charge >= 0.3 is 0 Å². The molecule has 0 unspecified atom stereocenters. The molecule has 0 atom stereocenters. The van der Waals surface area contributed by atoms with Crippen molar-refractivity contribution < 1.29 is 8.78 Å². The smallest absolute Gasteiger partial charge is 0.146 e. The molecule has 17 heavy (non-hydrogen) atoms. The average molecular weight is 240 g/mol. The fraction of sp³-hybridized carbons (Fsp3) is 0.538. The summed E-state index contributed by atoms with van der Waals surface area (Å²) >= 11 is 0. The first-order valence-corrected chi connectivity index (χ1v) is 6.00. The highest BCUT2D eigenvalue weighted by Gasteiger charge is 2.18. The summed E-state index contributed by atoms with van der Waals surface area (Å²) < 4.78 is 26.0. The molecule has 1 aliphatic heterocycles. The van der Waals surface area contributed by atoms with Crippen molar-refractivity contribution in [1.29, 1.82) is 0 Å². The maximum Gasteiger partial charge on any atom is 0.146 e. The van der Waals surface area contributed by atoms with Crippen LogP contribution < -0.4 is 4.90 Å². The predicted molar refractivity (Wildman–Crippen MR) is 65.8 cm³/mol. The van der Waals surface area contributed by atoms with Crippen molar-refractivity contribution in [3.05, 3.63) is 29.6 Å². The lowest BCUT2D eigenvalue weighted by Gasteiger charge is -2.35. The van der Waals surface area contributed by atoms with E-state index in [1.54, 1.807) is 6.07 Å². The van der Waals surface area contributed by atoms with Gasteiger partial charge in [-0.05, 0) is 24.6 Å². The van der Waals surface area contributed by atoms with Gasteiger partial charge in [0, 0.05) is 32.7 Å². The molecule has 0 radical (unpaired) electrons. The van der Waals surface area contributed by atoms with Crippen molar-refractivity contribution in [2.45, 2.75) is 6.92 Å². The number of alkyl halides is 1. The summed E-state index contributed by atoms with van der Waals surface area (Å²) in [5.74, 6) is -0.163. The maximum atomic E-state index is 13.8. The first-order chi connectivity index (χ1) is 8.20. The van der Waals surface area contributed by atoms with E-state index in [-0.39, 0.29) is 12.5 Å². The van der Waals surface area contributed by atoms with Crippen molar-refractivity contribution in [3.8, 4) is 0 Å². The van der Waals surface area contributed by atoms with Gasteiger partial charge in [-0.15, -0.1) is 0 Å². The lowest BCUT2D eigenvalue weighted by atomic mass is 10.2. The summed E-state index contributed by atoms with van der Waals surface area (Å²) in [6.07, 6.45) is 0. The summed E-state index contributed by atoms with van der Waals surface area (Å²) in [5, 5.41) is 0. The summed E-state index contributed by atoms with van der Waals surface area (Å²) in [6.45, 7) is 5.20. The van der Waals surface area contributed by atoms with Gasteiger partial charge in [-0.3, -0.25) is 4.90 Å². The van der Waals surface area contributed by atoms with E-state index in [1.807, 2.05) is 24.0 Å². The number of nitrogens with zero attached hydrogens (tertiary/aromatic N) is 2. The Kier molecular flexibility index (Phi) is 3.94. The van der Waals surface area contributed by atoms with Crippen molar-refractivity contribution >= 4 is 5.69 Å². The van der Waals surface area contributed by atoms with Crippen LogP contribution in [0.1, 0.15) is 5.56 Å². The number of rotatable bonds is 3. The molecule has 0 saturated carbocycles. The Morgan fingerprint density at radius 2 is 1.88 bits per heavy atom. The molecule has 1 heterocycles. The number of hydrogen-bond acceptors (Lipinski definition) is 2. The van der Waals surface area contributed by atoms with Gasteiger partial charge in [0.1, 0.15) is 12.5 Å². The first-order valence-electron chi connectivity index (χ1n) is 6.00. The highest BCUT2D eigenvalue weighted by atomic mass is 19.1. The predicted octanol–water partition coefficient (Wildman–Crippen LogP) is 2.23. The van der Waals surface area contributed by atoms with Crippen LogP contribution in [0.4, 0.5) is 14.5 Å². The highest BCUT2D eigenvalue weighted by molar-refractivity contribution is 5.49. The van der Waals surface area contributed by atoms with Crippen LogP contribution in [0, 0.1) is 12.7 Å². The molecule has 2 rings (SSSR count). The molecule has 0 aromatic heterocycles. The molecule has 0 N–H and O–H groups in total. The van der Waals surface area contributed by atoms with E-state index in [0.29, 0.717) is 12.2 Å². The topological polar surface area (TPSA) is 6.48 Å². The van der Waals surface area contributed by atoms with Gasteiger partial charge in [-0.1, -0.05) is 6.07 Å². The monoisotopic (exact) mass is 240 g/mol. The van der Waals surface area contributed by atoms with Crippen molar-refractivity contribution in [1.82, 2.24) is 4.90 Å². The van der Waals surface area contributed by atoms with Crippen molar-refractivity contribution in [2.75, 3.05) is 44.3 Å². The molecule has 0 amide bonds. The Morgan fingerprint density at radius 1 is 1.18 bits per heavy atom. The van der Waals surface area contributed by atoms with Crippen LogP contribution in [-0.4, -0.2) is 44.3 Å². The van der Waals surface area contributed by atoms with Gasteiger partial charge in [0.05, 0.1) is 5.69 Å². The Morgan fingerprint density at radius 3 is 2.47 bits per heavy atom. The Labute approximate surface area is 101 Å². The highest BCUT2D eigenvalue weighted by Crippen LogP contribution is 2.21. The van der Waals surface area contributed by atoms with Crippen LogP contribution in [0.3, 0.4) is 0 Å². The Hall–Kier alpha value is -1.16. The van der Waals surface area contributed by atoms with Gasteiger partial charge in [-0.25, -0.2) is 8.78 Å². The second-order valence-electron chi connectivity index (χ2n) is 4.47. The molecule has 94 valence electrons. The van der Waals surface area contributed by atoms with Gasteiger partial charge < -0.3 is 4.90 Å². The fourth-order valence-electron chi connectivity index (χ4n) is 2.20. The summed E-state index contributed by atoms with van der Waals surface area (Å²) in [5.41, 5.74) is 1.60. The van der Waals surface area contributed by atoms with Crippen LogP contribution in [0.15, 0.2) is 18.2 Å². The third-order valence-electron chi connectivity index (χ3n) is 3.22. The average Bonchev–Trinajstić information content (AvgIpc) is 2.31. The molecular formula is C13H18F2N2. The van der Waals surface area contributed by atoms with Crippen LogP contribution in [0.2, 0.25) is 0 Å². The Balaban J connectivity index is 2.00. The van der Waals surface area contributed by atoms with Crippen LogP contribution in [0.25, 0.3) is 0 Å². The molecule has 1 aliphatic rings. The van der Waals surface area contributed by atoms with Crippen molar-refractivity contribution in [3.63, 3.8) is 0 Å². The SMILES string of the molecule is Cc1ccc(N2CCN(CCF)CC2)c(F)c1. The quantitative estimate of drug-likeness (QED) is 0.799. The van der Waals surface area contributed by atoms with Crippen LogP contribution >= 0.6 is 0 Å². The van der Waals surface area contributed by atoms with E-state index in [2.05, 4.69) is 4.90 Å². The van der Waals surface area contributed by atoms with Gasteiger partial charge in [-0.2, -0.15) is 0 Å². The molecule has 0 bridgehead atoms. The first kappa shape index (κ1) is 12.3. The Bertz CT molecular complexity index is 374. The maximum absolute atomic E-state index is 13.8. The van der Waals surface area contributed by atoms with Crippen LogP contribution in [0.5, 0.6) is 0 Å². The number of aryl methyl sites for hydroxylation is 1. The molecule has 1 aromatic carbocycles. The second-order valence-corrected chi connectivity index (χ2v) is 4.47. The lowest BCUT2D eigenvalue weighted by Crippen LogP contribution is -2.47. The minimum absolute atomic E-state index is 0.163. The van der Waals surface area contributed by atoms with E-state index < -0.39 is 0 Å². The molecular weight excluding hydrogens is 222 g/mol. The number of piperazine rings is 1. The fourth-order valence-corrected chi connectivity index (χ4v) is 2.20. The second kappa shape index (κ2) is 5.45. The summed E-state index contributed by atoms with van der Waals surface area (Å²) in [4.78, 5) is 4.10. The third-order valence-corrected chi connectivity index (χ3v) is 3.22. The summed E-state index contributed by atoms with van der Waals surface area (Å²) in [7, 11) is 0. The van der Waals surface area contributed by atoms with E-state index in [4.69, 9.17) is 0 Å². The largest absolute Gasteiger partial charge is 0.367 e. The van der Waals surface area contributed by atoms with E-state index in [1.165, 1.54) is 0 Å². The summed E-state index contributed by atoms with van der Waals surface area (Å²) in [6, 6.07) is 5.31. The van der Waals surface area contributed by atoms with E-state index in [9.17, 15) is 8.78 Å².